The van der Waals surface area contributed by atoms with Crippen LogP contribution in [0.4, 0.5) is 4.39 Å². The molecule has 1 aromatic carbocycles. The van der Waals surface area contributed by atoms with Crippen LogP contribution in [0.2, 0.25) is 0 Å². The summed E-state index contributed by atoms with van der Waals surface area (Å²) in [7, 11) is -1.77. The fourth-order valence-corrected chi connectivity index (χ4v) is 2.45. The average molecular weight is 279 g/mol. The molecular formula is C8H9BBrFO2S. The number of thioether (sulfide) groups is 1. The Labute approximate surface area is 94.8 Å². The van der Waals surface area contributed by atoms with Gasteiger partial charge in [0.2, 0.25) is 0 Å². The van der Waals surface area contributed by atoms with Gasteiger partial charge in [-0.15, -0.1) is 11.8 Å². The smallest absolute Gasteiger partial charge is 0.423 e. The maximum Gasteiger partial charge on any atom is 0.491 e. The van der Waals surface area contributed by atoms with Gasteiger partial charge in [0.15, 0.2) is 0 Å². The normalized spacial score (nSPS) is 10.4. The Morgan fingerprint density at radius 2 is 2.07 bits per heavy atom. The SMILES string of the molecule is CSc1cc(B(O)O)c(F)c(C)c1Br. The summed E-state index contributed by atoms with van der Waals surface area (Å²) in [6.07, 6.45) is 1.84. The van der Waals surface area contributed by atoms with Gasteiger partial charge in [0.25, 0.3) is 0 Å². The summed E-state index contributed by atoms with van der Waals surface area (Å²) < 4.78 is 14.1. The number of hydrogen-bond acceptors (Lipinski definition) is 3. The van der Waals surface area contributed by atoms with Crippen LogP contribution in [0.3, 0.4) is 0 Å². The number of benzene rings is 1. The van der Waals surface area contributed by atoms with E-state index in [4.69, 9.17) is 10.0 Å². The van der Waals surface area contributed by atoms with Crippen molar-refractivity contribution in [2.24, 2.45) is 0 Å². The molecule has 0 saturated heterocycles. The Morgan fingerprint density at radius 1 is 1.50 bits per heavy atom. The summed E-state index contributed by atoms with van der Waals surface area (Å²) in [5, 5.41) is 17.9. The minimum Gasteiger partial charge on any atom is -0.423 e. The second-order valence-electron chi connectivity index (χ2n) is 2.79. The maximum atomic E-state index is 13.5. The predicted octanol–water partition coefficient (Wildman–Crippen LogP) is 1.30. The summed E-state index contributed by atoms with van der Waals surface area (Å²) in [5.41, 5.74) is 0.301. The van der Waals surface area contributed by atoms with E-state index in [2.05, 4.69) is 15.9 Å². The van der Waals surface area contributed by atoms with E-state index in [0.29, 0.717) is 10.0 Å². The van der Waals surface area contributed by atoms with Crippen molar-refractivity contribution in [3.8, 4) is 0 Å². The highest BCUT2D eigenvalue weighted by Gasteiger charge is 2.21. The lowest BCUT2D eigenvalue weighted by atomic mass is 9.79. The Hall–Kier alpha value is -0.0351. The summed E-state index contributed by atoms with van der Waals surface area (Å²) in [6.45, 7) is 1.59. The minimum atomic E-state index is -1.77. The van der Waals surface area contributed by atoms with Crippen molar-refractivity contribution in [2.75, 3.05) is 6.26 Å². The molecule has 0 heterocycles. The van der Waals surface area contributed by atoms with Gasteiger partial charge < -0.3 is 10.0 Å². The molecule has 0 aliphatic carbocycles. The highest BCUT2D eigenvalue weighted by molar-refractivity contribution is 9.10. The van der Waals surface area contributed by atoms with Crippen LogP contribution in [0.15, 0.2) is 15.4 Å². The van der Waals surface area contributed by atoms with Gasteiger partial charge in [-0.1, -0.05) is 0 Å². The first-order chi connectivity index (χ1) is 6.49. The second-order valence-corrected chi connectivity index (χ2v) is 4.44. The molecule has 0 unspecified atom stereocenters. The fraction of sp³-hybridized carbons (Fsp3) is 0.250. The molecule has 0 aromatic heterocycles. The lowest BCUT2D eigenvalue weighted by Crippen LogP contribution is -2.33. The van der Waals surface area contributed by atoms with Crippen LogP contribution in [0.25, 0.3) is 0 Å². The van der Waals surface area contributed by atoms with Crippen LogP contribution in [-0.2, 0) is 0 Å². The van der Waals surface area contributed by atoms with Crippen molar-refractivity contribution in [1.82, 2.24) is 0 Å². The predicted molar refractivity (Wildman–Crippen MR) is 60.4 cm³/mol. The summed E-state index contributed by atoms with van der Waals surface area (Å²) >= 11 is 4.66. The summed E-state index contributed by atoms with van der Waals surface area (Å²) in [5.74, 6) is -0.579. The summed E-state index contributed by atoms with van der Waals surface area (Å²) in [4.78, 5) is 0.784. The van der Waals surface area contributed by atoms with E-state index in [1.165, 1.54) is 17.8 Å². The molecule has 0 spiro atoms. The third kappa shape index (κ3) is 2.13. The molecule has 76 valence electrons. The molecular weight excluding hydrogens is 270 g/mol. The topological polar surface area (TPSA) is 40.5 Å². The first-order valence-corrected chi connectivity index (χ1v) is 5.89. The van der Waals surface area contributed by atoms with Crippen LogP contribution >= 0.6 is 27.7 Å². The third-order valence-corrected chi connectivity index (χ3v) is 3.96. The van der Waals surface area contributed by atoms with Crippen molar-refractivity contribution in [1.29, 1.82) is 0 Å². The molecule has 2 nitrogen and oxygen atoms in total. The van der Waals surface area contributed by atoms with Crippen molar-refractivity contribution >= 4 is 40.3 Å². The monoisotopic (exact) mass is 278 g/mol. The van der Waals surface area contributed by atoms with E-state index < -0.39 is 12.9 Å². The molecule has 0 aliphatic heterocycles. The van der Waals surface area contributed by atoms with E-state index in [-0.39, 0.29) is 5.46 Å². The highest BCUT2D eigenvalue weighted by Crippen LogP contribution is 2.29. The molecule has 0 atom stereocenters. The van der Waals surface area contributed by atoms with Crippen LogP contribution in [0, 0.1) is 12.7 Å². The average Bonchev–Trinajstić information content (AvgIpc) is 2.14. The van der Waals surface area contributed by atoms with Gasteiger partial charge in [0, 0.05) is 14.8 Å². The third-order valence-electron chi connectivity index (χ3n) is 1.91. The van der Waals surface area contributed by atoms with Crippen LogP contribution in [0.1, 0.15) is 5.56 Å². The molecule has 14 heavy (non-hydrogen) atoms. The van der Waals surface area contributed by atoms with E-state index in [9.17, 15) is 4.39 Å². The Bertz CT molecular complexity index is 360. The van der Waals surface area contributed by atoms with Crippen LogP contribution < -0.4 is 5.46 Å². The lowest BCUT2D eigenvalue weighted by Gasteiger charge is -2.10. The zero-order valence-corrected chi connectivity index (χ0v) is 10.1. The Balaban J connectivity index is 3.40. The van der Waals surface area contributed by atoms with Crippen LogP contribution in [-0.4, -0.2) is 23.4 Å². The first kappa shape index (κ1) is 12.0. The van der Waals surface area contributed by atoms with Crippen LogP contribution in [0.5, 0.6) is 0 Å². The first-order valence-electron chi connectivity index (χ1n) is 3.87. The molecule has 0 saturated carbocycles. The molecule has 0 fully saturated rings. The number of rotatable bonds is 2. The van der Waals surface area contributed by atoms with Gasteiger partial charge in [0.1, 0.15) is 5.82 Å². The minimum absolute atomic E-state index is 0.0879. The molecule has 0 bridgehead atoms. The Kier molecular flexibility index (Phi) is 4.00. The lowest BCUT2D eigenvalue weighted by molar-refractivity contribution is 0.422. The van der Waals surface area contributed by atoms with Gasteiger partial charge in [-0.05, 0) is 40.7 Å². The maximum absolute atomic E-state index is 13.5. The van der Waals surface area contributed by atoms with E-state index >= 15 is 0 Å². The van der Waals surface area contributed by atoms with Gasteiger partial charge >= 0.3 is 7.12 Å². The molecule has 0 amide bonds. The largest absolute Gasteiger partial charge is 0.491 e. The number of hydrogen-bond donors (Lipinski definition) is 2. The standard InChI is InChI=1S/C8H9BBrFO2S/c1-4-7(10)6(14-2)3-5(8(4)11)9(12)13/h3,12-13H,1-2H3. The zero-order chi connectivity index (χ0) is 10.9. The molecule has 2 N–H and O–H groups in total. The van der Waals surface area contributed by atoms with Gasteiger partial charge in [0.05, 0.1) is 0 Å². The fourth-order valence-electron chi connectivity index (χ4n) is 1.10. The van der Waals surface area contributed by atoms with Gasteiger partial charge in [-0.2, -0.15) is 0 Å². The quantitative estimate of drug-likeness (QED) is 0.633. The number of halogens is 2. The molecule has 0 radical (unpaired) electrons. The highest BCUT2D eigenvalue weighted by atomic mass is 79.9. The molecule has 1 rings (SSSR count). The van der Waals surface area contributed by atoms with Crippen molar-refractivity contribution in [3.63, 3.8) is 0 Å². The molecule has 0 aliphatic rings. The van der Waals surface area contributed by atoms with Gasteiger partial charge in [-0.3, -0.25) is 0 Å². The summed E-state index contributed by atoms with van der Waals surface area (Å²) in [6, 6.07) is 1.43. The van der Waals surface area contributed by atoms with E-state index in [1.807, 2.05) is 6.26 Å². The van der Waals surface area contributed by atoms with E-state index in [0.717, 1.165) is 4.90 Å². The van der Waals surface area contributed by atoms with Crippen molar-refractivity contribution in [2.45, 2.75) is 11.8 Å². The zero-order valence-electron chi connectivity index (χ0n) is 7.71. The van der Waals surface area contributed by atoms with Gasteiger partial charge in [-0.25, -0.2) is 4.39 Å². The molecule has 6 heteroatoms. The Morgan fingerprint density at radius 3 is 2.50 bits per heavy atom. The van der Waals surface area contributed by atoms with Crippen molar-refractivity contribution in [3.05, 3.63) is 21.9 Å². The van der Waals surface area contributed by atoms with Crippen molar-refractivity contribution < 1.29 is 14.4 Å². The van der Waals surface area contributed by atoms with E-state index in [1.54, 1.807) is 6.92 Å². The molecule has 1 aromatic rings. The second kappa shape index (κ2) is 4.66.